The minimum Gasteiger partial charge on any atom is -0.466 e. The normalized spacial score (nSPS) is 13.9. The minimum absolute atomic E-state index is 0.000283. The molecular weight excluding hydrogens is 334 g/mol. The smallest absolute Gasteiger partial charge is 0.319 e. The fraction of sp³-hybridized carbons (Fsp3) is 0.500. The van der Waals surface area contributed by atoms with Gasteiger partial charge in [0.05, 0.1) is 30.0 Å². The van der Waals surface area contributed by atoms with Gasteiger partial charge in [-0.25, -0.2) is 4.79 Å². The Morgan fingerprint density at radius 1 is 1.27 bits per heavy atom. The number of aromatic nitrogens is 2. The molecule has 1 N–H and O–H groups in total. The first-order chi connectivity index (χ1) is 12.3. The predicted octanol–water partition coefficient (Wildman–Crippen LogP) is 1.91. The summed E-state index contributed by atoms with van der Waals surface area (Å²) in [4.78, 5) is 27.9. The average molecular weight is 359 g/mol. The Balaban J connectivity index is 1.66. The Hall–Kier alpha value is -2.77. The molecule has 2 aromatic heterocycles. The highest BCUT2D eigenvalue weighted by molar-refractivity contribution is 5.95. The van der Waals surface area contributed by atoms with Crippen LogP contribution in [0.15, 0.2) is 16.5 Å². The van der Waals surface area contributed by atoms with Gasteiger partial charge in [0.2, 0.25) is 0 Å². The molecule has 1 aliphatic heterocycles. The highest BCUT2D eigenvalue weighted by Crippen LogP contribution is 2.16. The van der Waals surface area contributed by atoms with Crippen molar-refractivity contribution in [1.29, 1.82) is 0 Å². The molecule has 26 heavy (non-hydrogen) atoms. The summed E-state index contributed by atoms with van der Waals surface area (Å²) in [5.41, 5.74) is 2.31. The third-order valence-corrected chi connectivity index (χ3v) is 4.43. The Morgan fingerprint density at radius 2 is 2.04 bits per heavy atom. The van der Waals surface area contributed by atoms with Gasteiger partial charge in [0.1, 0.15) is 11.5 Å². The summed E-state index contributed by atoms with van der Waals surface area (Å²) < 4.78 is 7.33. The molecule has 8 heteroatoms. The van der Waals surface area contributed by atoms with E-state index in [1.54, 1.807) is 32.0 Å². The van der Waals surface area contributed by atoms with Crippen molar-refractivity contribution in [2.24, 2.45) is 0 Å². The summed E-state index contributed by atoms with van der Waals surface area (Å²) in [5.74, 6) is 1.15. The fourth-order valence-electron chi connectivity index (χ4n) is 3.18. The fourth-order valence-corrected chi connectivity index (χ4v) is 3.18. The lowest BCUT2D eigenvalue weighted by atomic mass is 10.2. The van der Waals surface area contributed by atoms with Crippen LogP contribution in [-0.4, -0.2) is 52.2 Å². The Kier molecular flexibility index (Phi) is 5.01. The summed E-state index contributed by atoms with van der Waals surface area (Å²) in [7, 11) is 3.51. The SMILES string of the molecule is Cc1cc(C(=O)NCc2cc3n(n2)CCCN(C(=O)N(C)C)C3)c(C)o1. The van der Waals surface area contributed by atoms with E-state index in [0.717, 1.165) is 24.4 Å². The van der Waals surface area contributed by atoms with Gasteiger partial charge in [0.25, 0.3) is 5.91 Å². The highest BCUT2D eigenvalue weighted by Gasteiger charge is 2.22. The maximum Gasteiger partial charge on any atom is 0.319 e. The number of nitrogens with one attached hydrogen (secondary N) is 1. The van der Waals surface area contributed by atoms with E-state index < -0.39 is 0 Å². The van der Waals surface area contributed by atoms with Crippen molar-refractivity contribution < 1.29 is 14.0 Å². The van der Waals surface area contributed by atoms with E-state index in [2.05, 4.69) is 10.4 Å². The molecule has 0 atom stereocenters. The molecule has 0 radical (unpaired) electrons. The van der Waals surface area contributed by atoms with Crippen molar-refractivity contribution in [3.63, 3.8) is 0 Å². The van der Waals surface area contributed by atoms with Crippen molar-refractivity contribution in [2.75, 3.05) is 20.6 Å². The van der Waals surface area contributed by atoms with Crippen molar-refractivity contribution in [3.8, 4) is 0 Å². The molecule has 2 aromatic rings. The minimum atomic E-state index is -0.174. The van der Waals surface area contributed by atoms with Gasteiger partial charge in [-0.2, -0.15) is 5.10 Å². The molecule has 3 heterocycles. The second-order valence-corrected chi connectivity index (χ2v) is 6.81. The van der Waals surface area contributed by atoms with E-state index in [1.807, 2.05) is 22.6 Å². The summed E-state index contributed by atoms with van der Waals surface area (Å²) in [6, 6.07) is 3.69. The number of urea groups is 1. The lowest BCUT2D eigenvalue weighted by molar-refractivity contribution is 0.0949. The quantitative estimate of drug-likeness (QED) is 0.907. The van der Waals surface area contributed by atoms with E-state index in [0.29, 0.717) is 36.7 Å². The van der Waals surface area contributed by atoms with E-state index in [-0.39, 0.29) is 11.9 Å². The van der Waals surface area contributed by atoms with Crippen molar-refractivity contribution in [3.05, 3.63) is 40.6 Å². The van der Waals surface area contributed by atoms with Gasteiger partial charge in [-0.05, 0) is 32.4 Å². The van der Waals surface area contributed by atoms with E-state index in [4.69, 9.17) is 4.42 Å². The zero-order valence-corrected chi connectivity index (χ0v) is 15.7. The number of nitrogens with zero attached hydrogens (tertiary/aromatic N) is 4. The van der Waals surface area contributed by atoms with Crippen LogP contribution >= 0.6 is 0 Å². The molecule has 0 spiro atoms. The monoisotopic (exact) mass is 359 g/mol. The van der Waals surface area contributed by atoms with Gasteiger partial charge in [0, 0.05) is 27.2 Å². The Bertz CT molecular complexity index is 821. The average Bonchev–Trinajstić information content (AvgIpc) is 3.07. The van der Waals surface area contributed by atoms with Crippen LogP contribution in [-0.2, 0) is 19.6 Å². The van der Waals surface area contributed by atoms with Gasteiger partial charge in [-0.1, -0.05) is 0 Å². The van der Waals surface area contributed by atoms with Gasteiger partial charge in [-0.15, -0.1) is 0 Å². The van der Waals surface area contributed by atoms with Crippen LogP contribution in [0.25, 0.3) is 0 Å². The summed E-state index contributed by atoms with van der Waals surface area (Å²) in [6.07, 6.45) is 0.855. The number of carbonyl (C=O) groups is 2. The molecule has 0 aromatic carbocycles. The van der Waals surface area contributed by atoms with Crippen molar-refractivity contribution >= 4 is 11.9 Å². The molecule has 0 bridgehead atoms. The second kappa shape index (κ2) is 7.23. The van der Waals surface area contributed by atoms with Gasteiger partial charge in [0.15, 0.2) is 0 Å². The van der Waals surface area contributed by atoms with Crippen LogP contribution in [0.5, 0.6) is 0 Å². The number of amides is 3. The standard InChI is InChI=1S/C18H25N5O3/c1-12-8-16(13(2)26-12)17(24)19-10-14-9-15-11-22(18(25)21(3)4)6-5-7-23(15)20-14/h8-9H,5-7,10-11H2,1-4H3,(H,19,24). The van der Waals surface area contributed by atoms with Gasteiger partial charge in [-0.3, -0.25) is 9.48 Å². The van der Waals surface area contributed by atoms with Crippen LogP contribution < -0.4 is 5.32 Å². The van der Waals surface area contributed by atoms with Crippen LogP contribution in [0.3, 0.4) is 0 Å². The summed E-state index contributed by atoms with van der Waals surface area (Å²) in [6.45, 7) is 5.93. The number of carbonyl (C=O) groups excluding carboxylic acids is 2. The number of hydrogen-bond acceptors (Lipinski definition) is 4. The maximum absolute atomic E-state index is 12.3. The molecule has 3 amide bonds. The summed E-state index contributed by atoms with van der Waals surface area (Å²) >= 11 is 0. The molecular formula is C18H25N5O3. The molecule has 8 nitrogen and oxygen atoms in total. The lowest BCUT2D eigenvalue weighted by Gasteiger charge is -2.23. The van der Waals surface area contributed by atoms with Crippen LogP contribution in [0.4, 0.5) is 4.79 Å². The zero-order valence-electron chi connectivity index (χ0n) is 15.7. The molecule has 0 saturated carbocycles. The zero-order chi connectivity index (χ0) is 18.8. The van der Waals surface area contributed by atoms with Gasteiger partial charge >= 0.3 is 6.03 Å². The third-order valence-electron chi connectivity index (χ3n) is 4.43. The topological polar surface area (TPSA) is 83.6 Å². The Labute approximate surface area is 152 Å². The first-order valence-corrected chi connectivity index (χ1v) is 8.72. The predicted molar refractivity (Wildman–Crippen MR) is 95.7 cm³/mol. The van der Waals surface area contributed by atoms with Crippen molar-refractivity contribution in [1.82, 2.24) is 24.9 Å². The summed E-state index contributed by atoms with van der Waals surface area (Å²) in [5, 5.41) is 7.45. The first kappa shape index (κ1) is 18.0. The molecule has 140 valence electrons. The van der Waals surface area contributed by atoms with Gasteiger partial charge < -0.3 is 19.5 Å². The van der Waals surface area contributed by atoms with Crippen LogP contribution in [0.1, 0.15) is 39.7 Å². The third kappa shape index (κ3) is 3.74. The van der Waals surface area contributed by atoms with Crippen molar-refractivity contribution in [2.45, 2.75) is 39.9 Å². The number of furan rings is 1. The first-order valence-electron chi connectivity index (χ1n) is 8.72. The lowest BCUT2D eigenvalue weighted by Crippen LogP contribution is -2.38. The van der Waals surface area contributed by atoms with Crippen LogP contribution in [0, 0.1) is 13.8 Å². The Morgan fingerprint density at radius 3 is 2.69 bits per heavy atom. The van der Waals surface area contributed by atoms with E-state index in [1.165, 1.54) is 0 Å². The number of aryl methyl sites for hydroxylation is 3. The molecule has 0 aliphatic carbocycles. The number of hydrogen-bond donors (Lipinski definition) is 1. The van der Waals surface area contributed by atoms with Crippen LogP contribution in [0.2, 0.25) is 0 Å². The second-order valence-electron chi connectivity index (χ2n) is 6.81. The molecule has 0 saturated heterocycles. The largest absolute Gasteiger partial charge is 0.466 e. The number of fused-ring (bicyclic) bond motifs is 1. The van der Waals surface area contributed by atoms with E-state index in [9.17, 15) is 9.59 Å². The molecule has 0 unspecified atom stereocenters. The number of rotatable bonds is 3. The molecule has 1 aliphatic rings. The van der Waals surface area contributed by atoms with E-state index >= 15 is 0 Å². The molecule has 0 fully saturated rings. The molecule has 3 rings (SSSR count). The highest BCUT2D eigenvalue weighted by atomic mass is 16.3. The maximum atomic E-state index is 12.3.